The van der Waals surface area contributed by atoms with E-state index in [0.717, 1.165) is 0 Å². The second kappa shape index (κ2) is 3.24. The smallest absolute Gasteiger partial charge is 0.282 e. The summed E-state index contributed by atoms with van der Waals surface area (Å²) in [6, 6.07) is 0. The van der Waals surface area contributed by atoms with Gasteiger partial charge in [-0.25, -0.2) is 0 Å². The lowest BCUT2D eigenvalue weighted by atomic mass is 10.6. The van der Waals surface area contributed by atoms with Gasteiger partial charge in [0.1, 0.15) is 4.90 Å². The third kappa shape index (κ3) is 2.09. The molecule has 0 unspecified atom stereocenters. The Balaban J connectivity index is 3.68. The molecule has 0 amide bonds. The first-order chi connectivity index (χ1) is 6.14. The summed E-state index contributed by atoms with van der Waals surface area (Å²) in [4.78, 5) is -2.59. The van der Waals surface area contributed by atoms with E-state index < -0.39 is 35.2 Å². The molecule has 6 nitrogen and oxygen atoms in total. The fourth-order valence-corrected chi connectivity index (χ4v) is 3.96. The van der Waals surface area contributed by atoms with Gasteiger partial charge in [0, 0.05) is 5.38 Å². The van der Waals surface area contributed by atoms with Crippen molar-refractivity contribution in [2.24, 2.45) is 0 Å². The lowest BCUT2D eigenvalue weighted by molar-refractivity contribution is 0.460. The Kier molecular flexibility index (Phi) is 2.67. The molecule has 0 radical (unpaired) electrons. The molecule has 10 heteroatoms. The Morgan fingerprint density at radius 1 is 1.14 bits per heavy atom. The van der Waals surface area contributed by atoms with Crippen LogP contribution in [0.2, 0.25) is 0 Å². The molecule has 0 fully saturated rings. The Labute approximate surface area is 82.5 Å². The van der Waals surface area contributed by atoms with E-state index in [0.29, 0.717) is 5.38 Å². The van der Waals surface area contributed by atoms with Gasteiger partial charge in [-0.3, -0.25) is 9.11 Å². The van der Waals surface area contributed by atoms with Gasteiger partial charge in [0.15, 0.2) is 10.0 Å². The van der Waals surface area contributed by atoms with Crippen molar-refractivity contribution in [3.05, 3.63) is 10.5 Å². The molecule has 14 heavy (non-hydrogen) atoms. The van der Waals surface area contributed by atoms with Gasteiger partial charge in [0.2, 0.25) is 0 Å². The molecule has 1 heterocycles. The zero-order valence-corrected chi connectivity index (χ0v) is 8.66. The average molecular weight is 262 g/mol. The van der Waals surface area contributed by atoms with Crippen LogP contribution in [0.3, 0.4) is 0 Å². The minimum atomic E-state index is -5.01. The summed E-state index contributed by atoms with van der Waals surface area (Å²) in [7, 11) is -9.87. The molecule has 1 aromatic rings. The van der Waals surface area contributed by atoms with Crippen molar-refractivity contribution < 1.29 is 30.3 Å². The fraction of sp³-hybridized carbons (Fsp3) is 0. The highest BCUT2D eigenvalue weighted by Crippen LogP contribution is 2.28. The third-order valence-corrected chi connectivity index (χ3v) is 4.17. The van der Waals surface area contributed by atoms with Crippen LogP contribution < -0.4 is 0 Å². The number of hydrogen-bond donors (Lipinski definition) is 2. The SMILES string of the molecule is O=S(=O)(O)c1csc(F)c1S(=O)(=O)O. The molecule has 1 aromatic heterocycles. The van der Waals surface area contributed by atoms with Crippen LogP contribution in [0.25, 0.3) is 0 Å². The predicted octanol–water partition coefficient (Wildman–Crippen LogP) is 0.381. The quantitative estimate of drug-likeness (QED) is 0.746. The van der Waals surface area contributed by atoms with E-state index in [-0.39, 0.29) is 11.3 Å². The Hall–Kier alpha value is -0.550. The Morgan fingerprint density at radius 3 is 1.93 bits per heavy atom. The van der Waals surface area contributed by atoms with Crippen molar-refractivity contribution in [2.75, 3.05) is 0 Å². The molecule has 80 valence electrons. The van der Waals surface area contributed by atoms with E-state index in [2.05, 4.69) is 0 Å². The van der Waals surface area contributed by atoms with Crippen molar-refractivity contribution >= 4 is 31.6 Å². The summed E-state index contributed by atoms with van der Waals surface area (Å²) in [5, 5.41) is -0.826. The maximum Gasteiger partial charge on any atom is 0.299 e. The minimum Gasteiger partial charge on any atom is -0.282 e. The Bertz CT molecular complexity index is 552. The van der Waals surface area contributed by atoms with Crippen LogP contribution in [0.4, 0.5) is 4.39 Å². The van der Waals surface area contributed by atoms with Gasteiger partial charge >= 0.3 is 0 Å². The monoisotopic (exact) mass is 262 g/mol. The van der Waals surface area contributed by atoms with E-state index in [9.17, 15) is 21.2 Å². The predicted molar refractivity (Wildman–Crippen MR) is 43.9 cm³/mol. The molecular weight excluding hydrogens is 259 g/mol. The van der Waals surface area contributed by atoms with Crippen molar-refractivity contribution in [3.8, 4) is 0 Å². The maximum absolute atomic E-state index is 12.7. The van der Waals surface area contributed by atoms with Gasteiger partial charge in [-0.05, 0) is 0 Å². The van der Waals surface area contributed by atoms with Gasteiger partial charge in [0.25, 0.3) is 20.2 Å². The van der Waals surface area contributed by atoms with Crippen LogP contribution in [0.15, 0.2) is 15.2 Å². The van der Waals surface area contributed by atoms with Crippen molar-refractivity contribution in [1.82, 2.24) is 0 Å². The van der Waals surface area contributed by atoms with Gasteiger partial charge in [0.05, 0.1) is 0 Å². The van der Waals surface area contributed by atoms with Crippen molar-refractivity contribution in [3.63, 3.8) is 0 Å². The number of rotatable bonds is 2. The minimum absolute atomic E-state index is 0.140. The van der Waals surface area contributed by atoms with Crippen LogP contribution in [0.5, 0.6) is 0 Å². The summed E-state index contributed by atoms with van der Waals surface area (Å²) in [5.74, 6) is 0. The van der Waals surface area contributed by atoms with E-state index in [1.807, 2.05) is 0 Å². The molecule has 0 spiro atoms. The lowest BCUT2D eigenvalue weighted by Gasteiger charge is -1.96. The summed E-state index contributed by atoms with van der Waals surface area (Å²) < 4.78 is 71.8. The first-order valence-corrected chi connectivity index (χ1v) is 6.62. The van der Waals surface area contributed by atoms with Crippen molar-refractivity contribution in [2.45, 2.75) is 9.79 Å². The molecule has 0 atom stereocenters. The zero-order chi connectivity index (χ0) is 11.1. The van der Waals surface area contributed by atoms with Crippen LogP contribution in [0, 0.1) is 5.13 Å². The highest BCUT2D eigenvalue weighted by molar-refractivity contribution is 7.89. The van der Waals surface area contributed by atoms with Crippen LogP contribution in [0.1, 0.15) is 0 Å². The molecule has 0 saturated carbocycles. The lowest BCUT2D eigenvalue weighted by Crippen LogP contribution is -2.06. The molecule has 0 bridgehead atoms. The molecule has 2 N–H and O–H groups in total. The molecule has 0 aliphatic carbocycles. The largest absolute Gasteiger partial charge is 0.299 e. The number of thiophene rings is 1. The highest BCUT2D eigenvalue weighted by atomic mass is 32.2. The van der Waals surface area contributed by atoms with E-state index in [1.165, 1.54) is 0 Å². The van der Waals surface area contributed by atoms with Gasteiger partial charge < -0.3 is 0 Å². The Morgan fingerprint density at radius 2 is 1.64 bits per heavy atom. The molecular formula is C4H3FO6S3. The zero-order valence-electron chi connectivity index (χ0n) is 6.21. The van der Waals surface area contributed by atoms with Crippen LogP contribution in [-0.2, 0) is 20.2 Å². The highest BCUT2D eigenvalue weighted by Gasteiger charge is 2.29. The van der Waals surface area contributed by atoms with E-state index >= 15 is 0 Å². The molecule has 0 aliphatic rings. The summed E-state index contributed by atoms with van der Waals surface area (Å²) in [6.07, 6.45) is 0. The molecule has 0 aliphatic heterocycles. The second-order valence-electron chi connectivity index (χ2n) is 2.15. The first kappa shape index (κ1) is 11.5. The average Bonchev–Trinajstić information content (AvgIpc) is 2.27. The maximum atomic E-state index is 12.7. The van der Waals surface area contributed by atoms with Gasteiger partial charge in [-0.1, -0.05) is 0 Å². The third-order valence-electron chi connectivity index (χ3n) is 1.21. The molecule has 1 rings (SSSR count). The normalized spacial score (nSPS) is 13.1. The first-order valence-electron chi connectivity index (χ1n) is 2.86. The second-order valence-corrected chi connectivity index (χ2v) is 5.73. The van der Waals surface area contributed by atoms with Crippen LogP contribution in [-0.4, -0.2) is 25.9 Å². The molecule has 0 aromatic carbocycles. The standard InChI is InChI=1S/C4H3FO6S3/c5-4-3(14(9,10)11)2(1-12-4)13(6,7)8/h1H,(H,6,7,8)(H,9,10,11). The van der Waals surface area contributed by atoms with E-state index in [1.54, 1.807) is 0 Å². The topological polar surface area (TPSA) is 109 Å². The molecule has 0 saturated heterocycles. The number of halogens is 1. The van der Waals surface area contributed by atoms with Gasteiger partial charge in [-0.2, -0.15) is 21.2 Å². The number of hydrogen-bond acceptors (Lipinski definition) is 5. The summed E-state index contributed by atoms with van der Waals surface area (Å²) in [5.41, 5.74) is 0. The summed E-state index contributed by atoms with van der Waals surface area (Å²) >= 11 is 0.140. The van der Waals surface area contributed by atoms with Crippen molar-refractivity contribution in [1.29, 1.82) is 0 Å². The van der Waals surface area contributed by atoms with Gasteiger partial charge in [-0.15, -0.1) is 11.3 Å². The van der Waals surface area contributed by atoms with E-state index in [4.69, 9.17) is 9.11 Å². The summed E-state index contributed by atoms with van der Waals surface area (Å²) in [6.45, 7) is 0. The fourth-order valence-electron chi connectivity index (χ4n) is 0.716. The van der Waals surface area contributed by atoms with Crippen LogP contribution >= 0.6 is 11.3 Å².